The van der Waals surface area contributed by atoms with Crippen LogP contribution in [0.1, 0.15) is 18.5 Å². The molecule has 0 fully saturated rings. The lowest BCUT2D eigenvalue weighted by Crippen LogP contribution is -2.31. The second kappa shape index (κ2) is 6.63. The molecule has 0 bridgehead atoms. The highest BCUT2D eigenvalue weighted by molar-refractivity contribution is 6.34. The molecule has 2 rings (SSSR count). The monoisotopic (exact) mass is 313 g/mol. The molecule has 1 heterocycles. The lowest BCUT2D eigenvalue weighted by atomic mass is 10.2. The summed E-state index contributed by atoms with van der Waals surface area (Å²) in [4.78, 5) is 11.8. The summed E-state index contributed by atoms with van der Waals surface area (Å²) in [6.45, 7) is 1.72. The van der Waals surface area contributed by atoms with E-state index in [1.807, 2.05) is 6.92 Å². The number of halogens is 2. The molecule has 106 valence electrons. The first-order valence-electron chi connectivity index (χ1n) is 5.92. The number of hydrogen-bond acceptors (Lipinski definition) is 3. The zero-order valence-electron chi connectivity index (χ0n) is 10.7. The molecule has 2 N–H and O–H groups in total. The smallest absolute Gasteiger partial charge is 0.258 e. The highest BCUT2D eigenvalue weighted by Gasteiger charge is 2.11. The highest BCUT2D eigenvalue weighted by Crippen LogP contribution is 2.27. The average molecular weight is 314 g/mol. The number of nitrogens with zero attached hydrogens (tertiary/aromatic N) is 1. The summed E-state index contributed by atoms with van der Waals surface area (Å²) in [5.74, 6) is 0.125. The van der Waals surface area contributed by atoms with Gasteiger partial charge in [0.15, 0.2) is 6.61 Å². The largest absolute Gasteiger partial charge is 0.482 e. The second-order valence-corrected chi connectivity index (χ2v) is 5.03. The maximum Gasteiger partial charge on any atom is 0.258 e. The molecular weight excluding hydrogens is 301 g/mol. The normalized spacial score (nSPS) is 11.9. The number of carbonyl (C=O) groups excluding carboxylic acids is 1. The molecule has 0 aliphatic rings. The number of carbonyl (C=O) groups is 1. The summed E-state index contributed by atoms with van der Waals surface area (Å²) < 4.78 is 5.35. The van der Waals surface area contributed by atoms with Gasteiger partial charge in [-0.1, -0.05) is 23.2 Å². The van der Waals surface area contributed by atoms with Gasteiger partial charge in [-0.3, -0.25) is 9.89 Å². The number of nitrogens with one attached hydrogen (secondary N) is 2. The molecule has 1 aromatic carbocycles. The number of aromatic nitrogens is 2. The number of ether oxygens (including phenoxy) is 1. The SMILES string of the molecule is CC(NC(=O)COc1cc(Cl)ccc1Cl)c1cn[nH]c1. The number of H-pyrrole nitrogens is 1. The lowest BCUT2D eigenvalue weighted by Gasteiger charge is -2.13. The van der Waals surface area contributed by atoms with Gasteiger partial charge >= 0.3 is 0 Å². The van der Waals surface area contributed by atoms with E-state index < -0.39 is 0 Å². The Morgan fingerprint density at radius 3 is 3.00 bits per heavy atom. The Hall–Kier alpha value is -1.72. The van der Waals surface area contributed by atoms with Crippen molar-refractivity contribution in [3.05, 3.63) is 46.2 Å². The molecule has 1 amide bonds. The maximum absolute atomic E-state index is 11.8. The van der Waals surface area contributed by atoms with E-state index in [1.54, 1.807) is 30.6 Å². The van der Waals surface area contributed by atoms with Gasteiger partial charge < -0.3 is 10.1 Å². The van der Waals surface area contributed by atoms with E-state index in [1.165, 1.54) is 0 Å². The molecule has 0 radical (unpaired) electrons. The third kappa shape index (κ3) is 3.88. The zero-order valence-corrected chi connectivity index (χ0v) is 12.2. The third-order valence-electron chi connectivity index (χ3n) is 2.65. The van der Waals surface area contributed by atoms with Gasteiger partial charge in [0.2, 0.25) is 0 Å². The van der Waals surface area contributed by atoms with Crippen LogP contribution in [-0.4, -0.2) is 22.7 Å². The summed E-state index contributed by atoms with van der Waals surface area (Å²) in [5.41, 5.74) is 0.888. The van der Waals surface area contributed by atoms with Gasteiger partial charge in [0.25, 0.3) is 5.91 Å². The maximum atomic E-state index is 11.8. The van der Waals surface area contributed by atoms with E-state index in [9.17, 15) is 4.79 Å². The fraction of sp³-hybridized carbons (Fsp3) is 0.231. The summed E-state index contributed by atoms with van der Waals surface area (Å²) in [6.07, 6.45) is 3.37. The molecule has 20 heavy (non-hydrogen) atoms. The molecule has 1 unspecified atom stereocenters. The summed E-state index contributed by atoms with van der Waals surface area (Å²) >= 11 is 11.8. The van der Waals surface area contributed by atoms with Gasteiger partial charge in [0, 0.05) is 22.8 Å². The van der Waals surface area contributed by atoms with Crippen LogP contribution in [0.25, 0.3) is 0 Å². The van der Waals surface area contributed by atoms with Gasteiger partial charge in [-0.15, -0.1) is 0 Å². The lowest BCUT2D eigenvalue weighted by molar-refractivity contribution is -0.123. The van der Waals surface area contributed by atoms with Gasteiger partial charge in [-0.25, -0.2) is 0 Å². The minimum Gasteiger partial charge on any atom is -0.482 e. The number of amides is 1. The van der Waals surface area contributed by atoms with Crippen molar-refractivity contribution < 1.29 is 9.53 Å². The van der Waals surface area contributed by atoms with Gasteiger partial charge in [-0.05, 0) is 19.1 Å². The van der Waals surface area contributed by atoms with E-state index in [0.717, 1.165) is 5.56 Å². The van der Waals surface area contributed by atoms with Crippen molar-refractivity contribution in [2.75, 3.05) is 6.61 Å². The van der Waals surface area contributed by atoms with Crippen LogP contribution in [0, 0.1) is 0 Å². The Kier molecular flexibility index (Phi) is 4.87. The van der Waals surface area contributed by atoms with Crippen LogP contribution in [0.4, 0.5) is 0 Å². The van der Waals surface area contributed by atoms with Crippen LogP contribution in [-0.2, 0) is 4.79 Å². The van der Waals surface area contributed by atoms with Crippen LogP contribution >= 0.6 is 23.2 Å². The van der Waals surface area contributed by atoms with E-state index in [0.29, 0.717) is 15.8 Å². The van der Waals surface area contributed by atoms with Crippen molar-refractivity contribution >= 4 is 29.1 Å². The molecule has 7 heteroatoms. The van der Waals surface area contributed by atoms with E-state index in [4.69, 9.17) is 27.9 Å². The molecule has 0 spiro atoms. The van der Waals surface area contributed by atoms with Crippen molar-refractivity contribution in [1.82, 2.24) is 15.5 Å². The predicted octanol–water partition coefficient (Wildman–Crippen LogP) is 2.97. The summed E-state index contributed by atoms with van der Waals surface area (Å²) in [5, 5.41) is 10.2. The van der Waals surface area contributed by atoms with Crippen LogP contribution in [0.5, 0.6) is 5.75 Å². The van der Waals surface area contributed by atoms with Crippen LogP contribution < -0.4 is 10.1 Å². The van der Waals surface area contributed by atoms with Gasteiger partial charge in [0.05, 0.1) is 17.3 Å². The van der Waals surface area contributed by atoms with Crippen LogP contribution in [0.3, 0.4) is 0 Å². The Balaban J connectivity index is 1.87. The van der Waals surface area contributed by atoms with E-state index >= 15 is 0 Å². The number of rotatable bonds is 5. The summed E-state index contributed by atoms with van der Waals surface area (Å²) in [6, 6.07) is 4.68. The molecule has 0 saturated heterocycles. The van der Waals surface area contributed by atoms with Crippen molar-refractivity contribution in [3.8, 4) is 5.75 Å². The number of benzene rings is 1. The Morgan fingerprint density at radius 2 is 2.30 bits per heavy atom. The number of hydrogen-bond donors (Lipinski definition) is 2. The predicted molar refractivity (Wildman–Crippen MR) is 77.1 cm³/mol. The van der Waals surface area contributed by atoms with Crippen molar-refractivity contribution in [3.63, 3.8) is 0 Å². The zero-order chi connectivity index (χ0) is 14.5. The molecule has 0 saturated carbocycles. The minimum absolute atomic E-state index is 0.137. The molecule has 2 aromatic rings. The quantitative estimate of drug-likeness (QED) is 0.891. The first kappa shape index (κ1) is 14.7. The summed E-state index contributed by atoms with van der Waals surface area (Å²) in [7, 11) is 0. The fourth-order valence-corrected chi connectivity index (χ4v) is 1.93. The Bertz CT molecular complexity index is 587. The molecule has 0 aliphatic carbocycles. The van der Waals surface area contributed by atoms with E-state index in [-0.39, 0.29) is 18.6 Å². The van der Waals surface area contributed by atoms with Crippen LogP contribution in [0.15, 0.2) is 30.6 Å². The third-order valence-corrected chi connectivity index (χ3v) is 3.20. The standard InChI is InChI=1S/C13H13Cl2N3O2/c1-8(9-5-16-17-6-9)18-13(19)7-20-12-4-10(14)2-3-11(12)15/h2-6,8H,7H2,1H3,(H,16,17)(H,18,19). The molecule has 5 nitrogen and oxygen atoms in total. The topological polar surface area (TPSA) is 67.0 Å². The van der Waals surface area contributed by atoms with Gasteiger partial charge in [-0.2, -0.15) is 5.10 Å². The molecular formula is C13H13Cl2N3O2. The molecule has 1 atom stereocenters. The minimum atomic E-state index is -0.255. The highest BCUT2D eigenvalue weighted by atomic mass is 35.5. The van der Waals surface area contributed by atoms with E-state index in [2.05, 4.69) is 15.5 Å². The first-order chi connectivity index (χ1) is 9.56. The van der Waals surface area contributed by atoms with Crippen molar-refractivity contribution in [2.24, 2.45) is 0 Å². The fourth-order valence-electron chi connectivity index (χ4n) is 1.60. The average Bonchev–Trinajstić information content (AvgIpc) is 2.94. The Morgan fingerprint density at radius 1 is 1.50 bits per heavy atom. The molecule has 1 aromatic heterocycles. The molecule has 0 aliphatic heterocycles. The van der Waals surface area contributed by atoms with Crippen molar-refractivity contribution in [1.29, 1.82) is 0 Å². The van der Waals surface area contributed by atoms with Gasteiger partial charge in [0.1, 0.15) is 5.75 Å². The van der Waals surface area contributed by atoms with Crippen molar-refractivity contribution in [2.45, 2.75) is 13.0 Å². The van der Waals surface area contributed by atoms with Crippen LogP contribution in [0.2, 0.25) is 10.0 Å². The first-order valence-corrected chi connectivity index (χ1v) is 6.67. The number of aromatic amines is 1. The second-order valence-electron chi connectivity index (χ2n) is 4.18. The Labute approximate surface area is 126 Å².